The van der Waals surface area contributed by atoms with Crippen LogP contribution in [-0.2, 0) is 15.3 Å². The van der Waals surface area contributed by atoms with Gasteiger partial charge < -0.3 is 15.6 Å². The van der Waals surface area contributed by atoms with Gasteiger partial charge in [0, 0.05) is 17.9 Å². The van der Waals surface area contributed by atoms with E-state index in [1.807, 2.05) is 31.2 Å². The van der Waals surface area contributed by atoms with Crippen LogP contribution in [0, 0.1) is 12.7 Å². The number of H-pyrrole nitrogens is 1. The predicted octanol–water partition coefficient (Wildman–Crippen LogP) is 3.57. The highest BCUT2D eigenvalue weighted by Crippen LogP contribution is 2.31. The number of aromatic amines is 1. The molecule has 1 unspecified atom stereocenters. The summed E-state index contributed by atoms with van der Waals surface area (Å²) in [6, 6.07) is 13.2. The molecule has 9 heteroatoms. The van der Waals surface area contributed by atoms with Crippen LogP contribution >= 0.6 is 11.8 Å². The van der Waals surface area contributed by atoms with Crippen molar-refractivity contribution in [1.82, 2.24) is 9.97 Å². The number of thioether (sulfide) groups is 1. The van der Waals surface area contributed by atoms with E-state index in [1.54, 1.807) is 0 Å². The average molecular weight is 438 g/mol. The largest absolute Gasteiger partial charge is 0.326 e. The second-order valence-corrected chi connectivity index (χ2v) is 8.18. The summed E-state index contributed by atoms with van der Waals surface area (Å²) in [7, 11) is 0. The molecule has 0 spiro atoms. The molecular weight excluding hydrogens is 419 g/mol. The van der Waals surface area contributed by atoms with E-state index in [0.29, 0.717) is 16.6 Å². The van der Waals surface area contributed by atoms with Crippen molar-refractivity contribution in [3.05, 3.63) is 81.4 Å². The second kappa shape index (κ2) is 8.73. The Morgan fingerprint density at radius 3 is 2.74 bits per heavy atom. The van der Waals surface area contributed by atoms with Crippen molar-refractivity contribution in [1.29, 1.82) is 0 Å². The van der Waals surface area contributed by atoms with Gasteiger partial charge in [-0.05, 0) is 36.8 Å². The molecule has 31 heavy (non-hydrogen) atoms. The molecule has 158 valence electrons. The third kappa shape index (κ3) is 4.83. The van der Waals surface area contributed by atoms with Gasteiger partial charge in [-0.15, -0.1) is 0 Å². The number of aromatic nitrogens is 2. The van der Waals surface area contributed by atoms with Gasteiger partial charge >= 0.3 is 0 Å². The minimum Gasteiger partial charge on any atom is -0.326 e. The Balaban J connectivity index is 1.57. The van der Waals surface area contributed by atoms with Gasteiger partial charge in [0.2, 0.25) is 11.8 Å². The lowest BCUT2D eigenvalue weighted by Gasteiger charge is -2.23. The SMILES string of the molecule is Cc1cccc(CSc2nc3c(c(=O)[nH]2)C(C(=O)Nc2ccc(F)cc2)CC(=O)N3)c1. The Bertz CT molecular complexity index is 1210. The van der Waals surface area contributed by atoms with Crippen molar-refractivity contribution in [2.75, 3.05) is 10.6 Å². The third-order valence-corrected chi connectivity index (χ3v) is 5.76. The summed E-state index contributed by atoms with van der Waals surface area (Å²) in [6.45, 7) is 2.00. The fourth-order valence-corrected chi connectivity index (χ4v) is 4.16. The molecule has 0 saturated carbocycles. The van der Waals surface area contributed by atoms with E-state index < -0.39 is 29.1 Å². The fraction of sp³-hybridized carbons (Fsp3) is 0.182. The van der Waals surface area contributed by atoms with E-state index in [1.165, 1.54) is 36.0 Å². The predicted molar refractivity (Wildman–Crippen MR) is 117 cm³/mol. The standard InChI is InChI=1S/C22H19FN4O3S/c1-12-3-2-4-13(9-12)11-31-22-26-19-18(21(30)27-22)16(10-17(28)25-19)20(29)24-15-7-5-14(23)6-8-15/h2-9,16H,10-11H2,1H3,(H,24,29)(H2,25,26,27,28,30). The highest BCUT2D eigenvalue weighted by Gasteiger charge is 2.34. The molecule has 1 atom stereocenters. The molecule has 0 fully saturated rings. The normalized spacial score (nSPS) is 15.2. The van der Waals surface area contributed by atoms with Crippen molar-refractivity contribution in [3.8, 4) is 0 Å². The van der Waals surface area contributed by atoms with Crippen LogP contribution in [0.4, 0.5) is 15.9 Å². The maximum Gasteiger partial charge on any atom is 0.257 e. The van der Waals surface area contributed by atoms with Crippen LogP contribution in [-0.4, -0.2) is 21.8 Å². The highest BCUT2D eigenvalue weighted by atomic mass is 32.2. The lowest BCUT2D eigenvalue weighted by molar-refractivity contribution is -0.123. The average Bonchev–Trinajstić information content (AvgIpc) is 2.73. The first-order valence-electron chi connectivity index (χ1n) is 9.58. The summed E-state index contributed by atoms with van der Waals surface area (Å²) in [4.78, 5) is 44.8. The van der Waals surface area contributed by atoms with E-state index in [9.17, 15) is 18.8 Å². The van der Waals surface area contributed by atoms with Gasteiger partial charge in [0.25, 0.3) is 5.56 Å². The number of carbonyl (C=O) groups is 2. The molecule has 3 N–H and O–H groups in total. The van der Waals surface area contributed by atoms with Gasteiger partial charge in [-0.2, -0.15) is 0 Å². The van der Waals surface area contributed by atoms with Crippen LogP contribution in [0.3, 0.4) is 0 Å². The molecule has 0 aliphatic carbocycles. The number of amides is 2. The molecule has 1 aliphatic rings. The smallest absolute Gasteiger partial charge is 0.257 e. The summed E-state index contributed by atoms with van der Waals surface area (Å²) in [6.07, 6.45) is -0.180. The summed E-state index contributed by atoms with van der Waals surface area (Å²) < 4.78 is 13.1. The number of nitrogens with zero attached hydrogens (tertiary/aromatic N) is 1. The molecule has 7 nitrogen and oxygen atoms in total. The number of nitrogens with one attached hydrogen (secondary N) is 3. The zero-order chi connectivity index (χ0) is 22.0. The van der Waals surface area contributed by atoms with E-state index in [2.05, 4.69) is 20.6 Å². The quantitative estimate of drug-likeness (QED) is 0.417. The molecule has 2 amide bonds. The van der Waals surface area contributed by atoms with Crippen molar-refractivity contribution < 1.29 is 14.0 Å². The van der Waals surface area contributed by atoms with Gasteiger partial charge in [0.1, 0.15) is 11.6 Å². The number of hydrogen-bond acceptors (Lipinski definition) is 5. The minimum absolute atomic E-state index is 0.0889. The Morgan fingerprint density at radius 2 is 2.00 bits per heavy atom. The van der Waals surface area contributed by atoms with Crippen LogP contribution in [0.15, 0.2) is 58.5 Å². The number of benzene rings is 2. The third-order valence-electron chi connectivity index (χ3n) is 4.82. The number of fused-ring (bicyclic) bond motifs is 1. The van der Waals surface area contributed by atoms with Gasteiger partial charge in [0.05, 0.1) is 11.5 Å². The van der Waals surface area contributed by atoms with E-state index >= 15 is 0 Å². The Morgan fingerprint density at radius 1 is 1.23 bits per heavy atom. The van der Waals surface area contributed by atoms with Crippen LogP contribution in [0.1, 0.15) is 29.0 Å². The maximum atomic E-state index is 13.1. The summed E-state index contributed by atoms with van der Waals surface area (Å²) in [5.41, 5.74) is 2.21. The first-order valence-corrected chi connectivity index (χ1v) is 10.6. The van der Waals surface area contributed by atoms with Crippen LogP contribution in [0.25, 0.3) is 0 Å². The molecule has 4 rings (SSSR count). The number of carbonyl (C=O) groups excluding carboxylic acids is 2. The zero-order valence-electron chi connectivity index (χ0n) is 16.6. The lowest BCUT2D eigenvalue weighted by atomic mass is 9.92. The Kier molecular flexibility index (Phi) is 5.85. The number of hydrogen-bond donors (Lipinski definition) is 3. The Hall–Kier alpha value is -3.46. The molecule has 0 radical (unpaired) electrons. The van der Waals surface area contributed by atoms with Crippen molar-refractivity contribution >= 4 is 35.1 Å². The fourth-order valence-electron chi connectivity index (χ4n) is 3.36. The van der Waals surface area contributed by atoms with Crippen molar-refractivity contribution in [2.45, 2.75) is 30.2 Å². The van der Waals surface area contributed by atoms with Crippen LogP contribution in [0.5, 0.6) is 0 Å². The van der Waals surface area contributed by atoms with E-state index in [-0.39, 0.29) is 17.8 Å². The second-order valence-electron chi connectivity index (χ2n) is 7.21. The maximum absolute atomic E-state index is 13.1. The van der Waals surface area contributed by atoms with Gasteiger partial charge in [-0.3, -0.25) is 14.4 Å². The molecule has 0 saturated heterocycles. The molecule has 2 aromatic carbocycles. The molecule has 2 heterocycles. The van der Waals surface area contributed by atoms with Gasteiger partial charge in [-0.25, -0.2) is 9.37 Å². The molecule has 1 aromatic heterocycles. The summed E-state index contributed by atoms with van der Waals surface area (Å²) >= 11 is 1.33. The monoisotopic (exact) mass is 438 g/mol. The molecular formula is C22H19FN4O3S. The van der Waals surface area contributed by atoms with Gasteiger partial charge in [0.15, 0.2) is 5.16 Å². The van der Waals surface area contributed by atoms with E-state index in [0.717, 1.165) is 11.1 Å². The number of rotatable bonds is 5. The minimum atomic E-state index is -0.999. The van der Waals surface area contributed by atoms with Crippen molar-refractivity contribution in [3.63, 3.8) is 0 Å². The summed E-state index contributed by atoms with van der Waals surface area (Å²) in [5.74, 6) is -1.69. The van der Waals surface area contributed by atoms with E-state index in [4.69, 9.17) is 0 Å². The first-order chi connectivity index (χ1) is 14.9. The highest BCUT2D eigenvalue weighted by molar-refractivity contribution is 7.98. The first kappa shape index (κ1) is 20.8. The van der Waals surface area contributed by atoms with Crippen LogP contribution < -0.4 is 16.2 Å². The topological polar surface area (TPSA) is 104 Å². The number of aryl methyl sites for hydroxylation is 1. The van der Waals surface area contributed by atoms with Crippen LogP contribution in [0.2, 0.25) is 0 Å². The summed E-state index contributed by atoms with van der Waals surface area (Å²) in [5, 5.41) is 5.57. The lowest BCUT2D eigenvalue weighted by Crippen LogP contribution is -2.36. The molecule has 1 aliphatic heterocycles. The zero-order valence-corrected chi connectivity index (χ0v) is 17.4. The molecule has 0 bridgehead atoms. The Labute approximate surface area is 181 Å². The van der Waals surface area contributed by atoms with Gasteiger partial charge in [-0.1, -0.05) is 41.6 Å². The number of halogens is 1. The van der Waals surface area contributed by atoms with Crippen molar-refractivity contribution in [2.24, 2.45) is 0 Å². The number of anilines is 2. The molecule has 3 aromatic rings.